The third-order valence-electron chi connectivity index (χ3n) is 3.37. The molecule has 0 heterocycles. The summed E-state index contributed by atoms with van der Waals surface area (Å²) in [7, 11) is -1.83. The van der Waals surface area contributed by atoms with Gasteiger partial charge in [0.05, 0.1) is 4.90 Å². The molecule has 0 saturated heterocycles. The summed E-state index contributed by atoms with van der Waals surface area (Å²) >= 11 is 0. The number of sulfonamides is 1. The fourth-order valence-electron chi connectivity index (χ4n) is 2.05. The highest BCUT2D eigenvalue weighted by Gasteiger charge is 2.26. The minimum absolute atomic E-state index is 0. The molecule has 2 N–H and O–H groups in total. The van der Waals surface area contributed by atoms with Gasteiger partial charge in [0.15, 0.2) is 0 Å². The molecule has 0 aliphatic heterocycles. The number of hydrogen-bond donors (Lipinski definition) is 1. The Labute approximate surface area is 135 Å². The van der Waals surface area contributed by atoms with Crippen LogP contribution in [0.2, 0.25) is 0 Å². The zero-order valence-electron chi connectivity index (χ0n) is 13.3. The molecular weight excluding hydrogens is 308 g/mol. The molecule has 0 radical (unpaired) electrons. The zero-order valence-corrected chi connectivity index (χ0v) is 14.9. The van der Waals surface area contributed by atoms with E-state index in [9.17, 15) is 8.42 Å². The van der Waals surface area contributed by atoms with Crippen LogP contribution < -0.4 is 5.73 Å². The molecule has 0 unspecified atom stereocenters. The van der Waals surface area contributed by atoms with Crippen LogP contribution in [0.15, 0.2) is 29.2 Å². The monoisotopic (exact) mass is 334 g/mol. The second-order valence-corrected chi connectivity index (χ2v) is 8.07. The molecule has 0 bridgehead atoms. The molecule has 0 aliphatic rings. The first-order chi connectivity index (χ1) is 9.23. The Hall–Kier alpha value is -0.620. The summed E-state index contributed by atoms with van der Waals surface area (Å²) in [5.41, 5.74) is 6.60. The molecule has 4 nitrogen and oxygen atoms in total. The van der Waals surface area contributed by atoms with E-state index in [-0.39, 0.29) is 17.8 Å². The van der Waals surface area contributed by atoms with E-state index in [4.69, 9.17) is 5.73 Å². The lowest BCUT2D eigenvalue weighted by Gasteiger charge is -2.28. The lowest BCUT2D eigenvalue weighted by Crippen LogP contribution is -2.39. The van der Waals surface area contributed by atoms with Gasteiger partial charge in [-0.1, -0.05) is 39.3 Å². The van der Waals surface area contributed by atoms with Gasteiger partial charge >= 0.3 is 0 Å². The summed E-state index contributed by atoms with van der Waals surface area (Å²) in [4.78, 5) is 0.340. The maximum atomic E-state index is 12.5. The van der Waals surface area contributed by atoms with Crippen molar-refractivity contribution >= 4 is 22.4 Å². The average Bonchev–Trinajstić information content (AvgIpc) is 2.39. The van der Waals surface area contributed by atoms with E-state index < -0.39 is 10.0 Å². The van der Waals surface area contributed by atoms with E-state index in [0.717, 1.165) is 18.4 Å². The first-order valence-electron chi connectivity index (χ1n) is 6.98. The van der Waals surface area contributed by atoms with Crippen LogP contribution in [0.1, 0.15) is 32.8 Å². The number of nitrogens with two attached hydrogens (primary N) is 1. The van der Waals surface area contributed by atoms with Crippen molar-refractivity contribution in [2.45, 2.75) is 38.5 Å². The van der Waals surface area contributed by atoms with E-state index in [0.29, 0.717) is 18.0 Å². The summed E-state index contributed by atoms with van der Waals surface area (Å²) in [6.45, 7) is 6.88. The molecule has 0 aliphatic carbocycles. The summed E-state index contributed by atoms with van der Waals surface area (Å²) in [5.74, 6) is 0. The molecule has 0 saturated carbocycles. The molecular formula is C15H27ClN2O2S. The van der Waals surface area contributed by atoms with Gasteiger partial charge in [0.2, 0.25) is 10.0 Å². The van der Waals surface area contributed by atoms with Gasteiger partial charge in [-0.15, -0.1) is 12.4 Å². The summed E-state index contributed by atoms with van der Waals surface area (Å²) < 4.78 is 26.3. The highest BCUT2D eigenvalue weighted by molar-refractivity contribution is 7.89. The van der Waals surface area contributed by atoms with Crippen LogP contribution in [-0.2, 0) is 16.4 Å². The lowest BCUT2D eigenvalue weighted by atomic mass is 9.94. The highest BCUT2D eigenvalue weighted by atomic mass is 35.5. The summed E-state index contributed by atoms with van der Waals surface area (Å²) in [5, 5.41) is 0. The number of rotatable bonds is 7. The molecule has 21 heavy (non-hydrogen) atoms. The number of hydrogen-bond acceptors (Lipinski definition) is 3. The van der Waals surface area contributed by atoms with Gasteiger partial charge in [0, 0.05) is 13.6 Å². The number of halogens is 1. The Morgan fingerprint density at radius 2 is 1.71 bits per heavy atom. The van der Waals surface area contributed by atoms with Crippen LogP contribution >= 0.6 is 12.4 Å². The Morgan fingerprint density at radius 3 is 2.14 bits per heavy atom. The quantitative estimate of drug-likeness (QED) is 0.833. The van der Waals surface area contributed by atoms with Crippen molar-refractivity contribution in [2.75, 3.05) is 20.1 Å². The van der Waals surface area contributed by atoms with Crippen molar-refractivity contribution in [3.8, 4) is 0 Å². The largest absolute Gasteiger partial charge is 0.330 e. The standard InChI is InChI=1S/C15H26N2O2S.ClH/c1-5-6-13-7-9-14(10-8-13)20(18,19)17(4)12-15(2,3)11-16;/h7-10H,5-6,11-12,16H2,1-4H3;1H. The normalized spacial score (nSPS) is 12.3. The maximum Gasteiger partial charge on any atom is 0.242 e. The van der Waals surface area contributed by atoms with Crippen molar-refractivity contribution in [3.63, 3.8) is 0 Å². The molecule has 0 aromatic heterocycles. The third-order valence-corrected chi connectivity index (χ3v) is 5.19. The second kappa shape index (κ2) is 8.13. The van der Waals surface area contributed by atoms with Crippen molar-refractivity contribution in [1.29, 1.82) is 0 Å². The average molecular weight is 335 g/mol. The number of nitrogens with zero attached hydrogens (tertiary/aromatic N) is 1. The van der Waals surface area contributed by atoms with Gasteiger partial charge in [-0.05, 0) is 36.1 Å². The molecule has 1 aromatic carbocycles. The SMILES string of the molecule is CCCc1ccc(S(=O)(=O)N(C)CC(C)(C)CN)cc1.Cl. The Kier molecular flexibility index (Phi) is 7.89. The fourth-order valence-corrected chi connectivity index (χ4v) is 3.41. The van der Waals surface area contributed by atoms with Crippen LogP contribution in [0.4, 0.5) is 0 Å². The molecule has 0 spiro atoms. The topological polar surface area (TPSA) is 63.4 Å². The minimum atomic E-state index is -3.44. The van der Waals surface area contributed by atoms with E-state index in [1.807, 2.05) is 26.0 Å². The third kappa shape index (κ3) is 5.58. The Morgan fingerprint density at radius 1 is 1.19 bits per heavy atom. The van der Waals surface area contributed by atoms with Crippen LogP contribution in [-0.4, -0.2) is 32.9 Å². The lowest BCUT2D eigenvalue weighted by molar-refractivity contribution is 0.292. The van der Waals surface area contributed by atoms with E-state index in [2.05, 4.69) is 6.92 Å². The van der Waals surface area contributed by atoms with Crippen LogP contribution in [0.5, 0.6) is 0 Å². The van der Waals surface area contributed by atoms with Gasteiger partial charge in [0.25, 0.3) is 0 Å². The molecule has 0 amide bonds. The number of benzene rings is 1. The molecule has 1 rings (SSSR count). The first-order valence-corrected chi connectivity index (χ1v) is 8.42. The van der Waals surface area contributed by atoms with E-state index in [1.165, 1.54) is 4.31 Å². The van der Waals surface area contributed by atoms with Gasteiger partial charge in [-0.25, -0.2) is 12.7 Å². The van der Waals surface area contributed by atoms with Gasteiger partial charge in [-0.3, -0.25) is 0 Å². The molecule has 122 valence electrons. The van der Waals surface area contributed by atoms with Crippen molar-refractivity contribution < 1.29 is 8.42 Å². The maximum absolute atomic E-state index is 12.5. The number of aryl methyl sites for hydroxylation is 1. The second-order valence-electron chi connectivity index (χ2n) is 6.02. The first kappa shape index (κ1) is 20.4. The summed E-state index contributed by atoms with van der Waals surface area (Å²) in [6, 6.07) is 7.15. The van der Waals surface area contributed by atoms with Crippen molar-refractivity contribution in [1.82, 2.24) is 4.31 Å². The molecule has 0 atom stereocenters. The molecule has 0 fully saturated rings. The Bertz CT molecular complexity index is 527. The highest BCUT2D eigenvalue weighted by Crippen LogP contribution is 2.21. The van der Waals surface area contributed by atoms with Gasteiger partial charge in [-0.2, -0.15) is 0 Å². The predicted molar refractivity (Wildman–Crippen MR) is 90.3 cm³/mol. The fraction of sp³-hybridized carbons (Fsp3) is 0.600. The Balaban J connectivity index is 0.00000400. The predicted octanol–water partition coefficient (Wildman–Crippen LogP) is 2.67. The van der Waals surface area contributed by atoms with Gasteiger partial charge < -0.3 is 5.73 Å². The van der Waals surface area contributed by atoms with Crippen molar-refractivity contribution in [2.24, 2.45) is 11.1 Å². The summed E-state index contributed by atoms with van der Waals surface area (Å²) in [6.07, 6.45) is 2.02. The van der Waals surface area contributed by atoms with Gasteiger partial charge in [0.1, 0.15) is 0 Å². The molecule has 6 heteroatoms. The zero-order chi connectivity index (χ0) is 15.4. The smallest absolute Gasteiger partial charge is 0.242 e. The van der Waals surface area contributed by atoms with E-state index in [1.54, 1.807) is 19.2 Å². The van der Waals surface area contributed by atoms with Crippen LogP contribution in [0, 0.1) is 5.41 Å². The molecule has 1 aromatic rings. The minimum Gasteiger partial charge on any atom is -0.330 e. The van der Waals surface area contributed by atoms with E-state index >= 15 is 0 Å². The van der Waals surface area contributed by atoms with Crippen LogP contribution in [0.3, 0.4) is 0 Å². The van der Waals surface area contributed by atoms with Crippen LogP contribution in [0.25, 0.3) is 0 Å². The van der Waals surface area contributed by atoms with Crippen molar-refractivity contribution in [3.05, 3.63) is 29.8 Å².